The zero-order valence-electron chi connectivity index (χ0n) is 16.6. The van der Waals surface area contributed by atoms with Crippen molar-refractivity contribution < 1.29 is 28.7 Å². The molecule has 9 nitrogen and oxygen atoms in total. The molecule has 1 unspecified atom stereocenters. The summed E-state index contributed by atoms with van der Waals surface area (Å²) in [5.41, 5.74) is 5.47. The molecule has 30 heavy (non-hydrogen) atoms. The van der Waals surface area contributed by atoms with E-state index in [1.165, 1.54) is 6.07 Å². The fourth-order valence-corrected chi connectivity index (χ4v) is 3.72. The molecule has 1 aromatic carbocycles. The van der Waals surface area contributed by atoms with Crippen LogP contribution in [-0.4, -0.2) is 47.1 Å². The number of primary amides is 1. The molecule has 2 heterocycles. The normalized spacial score (nSPS) is 18.4. The molecule has 1 atom stereocenters. The molecular formula is C21H25N3O6. The van der Waals surface area contributed by atoms with Crippen LogP contribution in [0, 0.1) is 0 Å². The van der Waals surface area contributed by atoms with Crippen LogP contribution in [0.2, 0.25) is 0 Å². The maximum atomic E-state index is 12.9. The van der Waals surface area contributed by atoms with Crippen LogP contribution in [0.15, 0.2) is 18.2 Å². The molecule has 0 aromatic heterocycles. The monoisotopic (exact) mass is 415 g/mol. The molecule has 3 N–H and O–H groups in total. The molecule has 5 amide bonds. The molecule has 0 radical (unpaired) electrons. The number of nitrogens with one attached hydrogen (secondary N) is 1. The van der Waals surface area contributed by atoms with E-state index in [1.807, 2.05) is 0 Å². The summed E-state index contributed by atoms with van der Waals surface area (Å²) >= 11 is 0. The number of nitrogens with two attached hydrogens (primary N) is 1. The van der Waals surface area contributed by atoms with Gasteiger partial charge in [0.15, 0.2) is 0 Å². The van der Waals surface area contributed by atoms with Crippen molar-refractivity contribution in [3.8, 4) is 5.75 Å². The minimum absolute atomic E-state index is 0.0760. The molecule has 9 heteroatoms. The van der Waals surface area contributed by atoms with Gasteiger partial charge in [-0.05, 0) is 31.4 Å². The summed E-state index contributed by atoms with van der Waals surface area (Å²) in [4.78, 5) is 60.8. The number of benzene rings is 1. The molecule has 0 aliphatic carbocycles. The number of amides is 5. The number of rotatable bonds is 10. The van der Waals surface area contributed by atoms with Gasteiger partial charge in [0.1, 0.15) is 11.8 Å². The van der Waals surface area contributed by atoms with Crippen molar-refractivity contribution in [2.75, 3.05) is 6.61 Å². The molecule has 0 spiro atoms. The molecule has 1 fully saturated rings. The second-order valence-electron chi connectivity index (χ2n) is 7.46. The highest BCUT2D eigenvalue weighted by atomic mass is 16.5. The lowest BCUT2D eigenvalue weighted by Crippen LogP contribution is -2.54. The van der Waals surface area contributed by atoms with Gasteiger partial charge in [-0.25, -0.2) is 0 Å². The largest absolute Gasteiger partial charge is 0.493 e. The summed E-state index contributed by atoms with van der Waals surface area (Å²) in [5.74, 6) is -2.15. The SMILES string of the molecule is NC(=O)CCCCCCCOc1cccc2c1C(=O)N(C1CCC(=O)NC1=O)C2=O. The number of imide groups is 2. The summed E-state index contributed by atoms with van der Waals surface area (Å²) in [6, 6.07) is 3.80. The fraction of sp³-hybridized carbons (Fsp3) is 0.476. The molecular weight excluding hydrogens is 390 g/mol. The van der Waals surface area contributed by atoms with Gasteiger partial charge in [-0.15, -0.1) is 0 Å². The van der Waals surface area contributed by atoms with E-state index in [-0.39, 0.29) is 29.9 Å². The Kier molecular flexibility index (Phi) is 6.81. The van der Waals surface area contributed by atoms with Gasteiger partial charge in [0, 0.05) is 12.8 Å². The van der Waals surface area contributed by atoms with Gasteiger partial charge < -0.3 is 10.5 Å². The van der Waals surface area contributed by atoms with E-state index in [0.717, 1.165) is 37.0 Å². The zero-order chi connectivity index (χ0) is 21.7. The standard InChI is InChI=1S/C21H25N3O6/c22-16(25)9-4-2-1-3-5-12-30-15-8-6-7-13-18(15)21(29)24(20(13)28)14-10-11-17(26)23-19(14)27/h6-8,14H,1-5,9-12H2,(H2,22,25)(H,23,26,27). The number of carbonyl (C=O) groups is 5. The van der Waals surface area contributed by atoms with Crippen LogP contribution in [0.1, 0.15) is 72.1 Å². The van der Waals surface area contributed by atoms with Crippen molar-refractivity contribution in [1.82, 2.24) is 10.2 Å². The number of carbonyl (C=O) groups excluding carboxylic acids is 5. The maximum absolute atomic E-state index is 12.9. The molecule has 160 valence electrons. The van der Waals surface area contributed by atoms with Gasteiger partial charge in [0.2, 0.25) is 17.7 Å². The number of piperidine rings is 1. The topological polar surface area (TPSA) is 136 Å². The third kappa shape index (κ3) is 4.67. The number of hydrogen-bond acceptors (Lipinski definition) is 6. The minimum Gasteiger partial charge on any atom is -0.493 e. The Balaban J connectivity index is 1.58. The van der Waals surface area contributed by atoms with E-state index in [1.54, 1.807) is 12.1 Å². The lowest BCUT2D eigenvalue weighted by Gasteiger charge is -2.27. The van der Waals surface area contributed by atoms with E-state index in [4.69, 9.17) is 10.5 Å². The van der Waals surface area contributed by atoms with E-state index in [2.05, 4.69) is 5.32 Å². The number of ether oxygens (including phenoxy) is 1. The van der Waals surface area contributed by atoms with Crippen LogP contribution in [0.4, 0.5) is 0 Å². The minimum atomic E-state index is -0.997. The van der Waals surface area contributed by atoms with Crippen molar-refractivity contribution in [1.29, 1.82) is 0 Å². The molecule has 2 aliphatic heterocycles. The van der Waals surface area contributed by atoms with Crippen LogP contribution < -0.4 is 15.8 Å². The Morgan fingerprint density at radius 3 is 2.53 bits per heavy atom. The smallest absolute Gasteiger partial charge is 0.266 e. The number of nitrogens with zero attached hydrogens (tertiary/aromatic N) is 1. The van der Waals surface area contributed by atoms with Gasteiger partial charge >= 0.3 is 0 Å². The van der Waals surface area contributed by atoms with Crippen LogP contribution in [0.25, 0.3) is 0 Å². The summed E-state index contributed by atoms with van der Waals surface area (Å²) in [6.45, 7) is 0.381. The third-order valence-electron chi connectivity index (χ3n) is 5.25. The van der Waals surface area contributed by atoms with Gasteiger partial charge in [0.05, 0.1) is 17.7 Å². The number of hydrogen-bond donors (Lipinski definition) is 2. The summed E-state index contributed by atoms with van der Waals surface area (Å²) < 4.78 is 5.76. The van der Waals surface area contributed by atoms with Gasteiger partial charge in [-0.3, -0.25) is 34.2 Å². The van der Waals surface area contributed by atoms with Gasteiger partial charge in [-0.1, -0.05) is 25.3 Å². The van der Waals surface area contributed by atoms with Crippen LogP contribution in [0.5, 0.6) is 5.75 Å². The Hall–Kier alpha value is -3.23. The summed E-state index contributed by atoms with van der Waals surface area (Å²) in [5, 5.41) is 2.18. The maximum Gasteiger partial charge on any atom is 0.266 e. The number of fused-ring (bicyclic) bond motifs is 1. The Morgan fingerprint density at radius 1 is 1.07 bits per heavy atom. The second-order valence-corrected chi connectivity index (χ2v) is 7.46. The molecule has 2 aliphatic rings. The van der Waals surface area contributed by atoms with E-state index in [9.17, 15) is 24.0 Å². The van der Waals surface area contributed by atoms with Crippen molar-refractivity contribution in [2.45, 2.75) is 57.4 Å². The van der Waals surface area contributed by atoms with E-state index < -0.39 is 29.7 Å². The first-order valence-electron chi connectivity index (χ1n) is 10.2. The first kappa shape index (κ1) is 21.5. The van der Waals surface area contributed by atoms with Gasteiger partial charge in [-0.2, -0.15) is 0 Å². The third-order valence-corrected chi connectivity index (χ3v) is 5.25. The Morgan fingerprint density at radius 2 is 1.80 bits per heavy atom. The Bertz CT molecular complexity index is 881. The zero-order valence-corrected chi connectivity index (χ0v) is 16.6. The molecule has 1 aromatic rings. The number of unbranched alkanes of at least 4 members (excludes halogenated alkanes) is 4. The summed E-state index contributed by atoms with van der Waals surface area (Å²) in [6.07, 6.45) is 4.89. The summed E-state index contributed by atoms with van der Waals surface area (Å²) in [7, 11) is 0. The van der Waals surface area contributed by atoms with Crippen LogP contribution in [-0.2, 0) is 14.4 Å². The van der Waals surface area contributed by atoms with Crippen molar-refractivity contribution in [3.05, 3.63) is 29.3 Å². The van der Waals surface area contributed by atoms with E-state index >= 15 is 0 Å². The lowest BCUT2D eigenvalue weighted by atomic mass is 10.0. The van der Waals surface area contributed by atoms with Crippen LogP contribution in [0.3, 0.4) is 0 Å². The molecule has 3 rings (SSSR count). The molecule has 0 saturated carbocycles. The van der Waals surface area contributed by atoms with E-state index in [0.29, 0.717) is 18.8 Å². The van der Waals surface area contributed by atoms with Crippen molar-refractivity contribution >= 4 is 29.5 Å². The quantitative estimate of drug-likeness (QED) is 0.437. The average Bonchev–Trinajstić information content (AvgIpc) is 2.95. The Labute approximate surface area is 173 Å². The van der Waals surface area contributed by atoms with Crippen molar-refractivity contribution in [2.24, 2.45) is 5.73 Å². The molecule has 1 saturated heterocycles. The average molecular weight is 415 g/mol. The first-order chi connectivity index (χ1) is 14.4. The lowest BCUT2D eigenvalue weighted by molar-refractivity contribution is -0.136. The second kappa shape index (κ2) is 9.51. The predicted molar refractivity (Wildman–Crippen MR) is 106 cm³/mol. The highest BCUT2D eigenvalue weighted by Gasteiger charge is 2.45. The van der Waals surface area contributed by atoms with Crippen LogP contribution >= 0.6 is 0 Å². The first-order valence-corrected chi connectivity index (χ1v) is 10.2. The fourth-order valence-electron chi connectivity index (χ4n) is 3.72. The van der Waals surface area contributed by atoms with Crippen molar-refractivity contribution in [3.63, 3.8) is 0 Å². The highest BCUT2D eigenvalue weighted by molar-refractivity contribution is 6.24. The molecule has 0 bridgehead atoms. The van der Waals surface area contributed by atoms with Gasteiger partial charge in [0.25, 0.3) is 11.8 Å². The predicted octanol–water partition coefficient (Wildman–Crippen LogP) is 1.29. The highest BCUT2D eigenvalue weighted by Crippen LogP contribution is 2.33.